The van der Waals surface area contributed by atoms with E-state index in [1.54, 1.807) is 18.2 Å². The molecule has 0 bridgehead atoms. The summed E-state index contributed by atoms with van der Waals surface area (Å²) in [5.74, 6) is -0.0718. The summed E-state index contributed by atoms with van der Waals surface area (Å²) in [6.45, 7) is 0.908. The van der Waals surface area contributed by atoms with Gasteiger partial charge in [-0.05, 0) is 25.0 Å². The van der Waals surface area contributed by atoms with Crippen molar-refractivity contribution in [1.29, 1.82) is 0 Å². The van der Waals surface area contributed by atoms with E-state index >= 15 is 0 Å². The summed E-state index contributed by atoms with van der Waals surface area (Å²) in [5.41, 5.74) is -0.392. The second-order valence-electron chi connectivity index (χ2n) is 5.85. The molecule has 118 valence electrons. The maximum atomic E-state index is 12.3. The van der Waals surface area contributed by atoms with Crippen molar-refractivity contribution in [3.05, 3.63) is 18.2 Å². The Balaban J connectivity index is 1.73. The molecule has 1 amide bonds. The van der Waals surface area contributed by atoms with Gasteiger partial charge in [0.2, 0.25) is 5.91 Å². The third-order valence-electron chi connectivity index (χ3n) is 4.35. The fourth-order valence-corrected chi connectivity index (χ4v) is 3.19. The van der Waals surface area contributed by atoms with E-state index in [1.165, 1.54) is 0 Å². The van der Waals surface area contributed by atoms with Crippen LogP contribution in [0.2, 0.25) is 0 Å². The molecule has 3 rings (SSSR count). The summed E-state index contributed by atoms with van der Waals surface area (Å²) in [6.07, 6.45) is 2.83. The number of fused-ring (bicyclic) bond motifs is 1. The summed E-state index contributed by atoms with van der Waals surface area (Å²) >= 11 is 0. The molecule has 1 aliphatic heterocycles. The van der Waals surface area contributed by atoms with Crippen LogP contribution in [-0.4, -0.2) is 30.2 Å². The number of benzene rings is 1. The van der Waals surface area contributed by atoms with Crippen LogP contribution in [0, 0.1) is 5.41 Å². The summed E-state index contributed by atoms with van der Waals surface area (Å²) < 4.78 is 11.0. The maximum absolute atomic E-state index is 12.3. The number of anilines is 1. The zero-order valence-electron chi connectivity index (χ0n) is 12.3. The van der Waals surface area contributed by atoms with E-state index in [0.29, 0.717) is 43.2 Å². The molecule has 0 aromatic heterocycles. The van der Waals surface area contributed by atoms with Crippen LogP contribution in [0.1, 0.15) is 32.1 Å². The highest BCUT2D eigenvalue weighted by Crippen LogP contribution is 2.42. The second-order valence-corrected chi connectivity index (χ2v) is 5.85. The number of carbonyl (C=O) groups excluding carboxylic acids is 1. The van der Waals surface area contributed by atoms with Gasteiger partial charge in [0, 0.05) is 6.42 Å². The Bertz CT molecular complexity index is 592. The summed E-state index contributed by atoms with van der Waals surface area (Å²) in [4.78, 5) is 23.8. The van der Waals surface area contributed by atoms with Gasteiger partial charge in [-0.2, -0.15) is 0 Å². The summed E-state index contributed by atoms with van der Waals surface area (Å²) in [6, 6.07) is 5.28. The van der Waals surface area contributed by atoms with Crippen molar-refractivity contribution < 1.29 is 24.2 Å². The highest BCUT2D eigenvalue weighted by molar-refractivity contribution is 5.96. The van der Waals surface area contributed by atoms with Crippen LogP contribution in [-0.2, 0) is 9.59 Å². The normalized spacial score (nSPS) is 18.7. The zero-order valence-corrected chi connectivity index (χ0v) is 12.3. The molecular formula is C16H19NO5. The topological polar surface area (TPSA) is 84.9 Å². The first-order valence-electron chi connectivity index (χ1n) is 7.53. The lowest BCUT2D eigenvalue weighted by Crippen LogP contribution is -2.33. The van der Waals surface area contributed by atoms with E-state index < -0.39 is 11.4 Å². The molecule has 6 nitrogen and oxygen atoms in total. The highest BCUT2D eigenvalue weighted by Gasteiger charge is 2.43. The molecule has 1 saturated carbocycles. The molecule has 1 aromatic rings. The van der Waals surface area contributed by atoms with Gasteiger partial charge in [-0.3, -0.25) is 9.59 Å². The number of carbonyl (C=O) groups is 2. The van der Waals surface area contributed by atoms with Crippen molar-refractivity contribution in [1.82, 2.24) is 0 Å². The monoisotopic (exact) mass is 305 g/mol. The number of rotatable bonds is 4. The molecule has 0 atom stereocenters. The van der Waals surface area contributed by atoms with Gasteiger partial charge in [0.1, 0.15) is 13.2 Å². The average molecular weight is 305 g/mol. The zero-order chi connectivity index (χ0) is 15.6. The van der Waals surface area contributed by atoms with Gasteiger partial charge >= 0.3 is 5.97 Å². The molecular weight excluding hydrogens is 286 g/mol. The standard InChI is InChI=1S/C16H19NO5/c18-13(10-16(15(19)20)6-1-2-7-16)17-11-4-3-5-12-14(11)22-9-8-21-12/h3-5H,1-2,6-10H2,(H,17,18)(H,19,20). The van der Waals surface area contributed by atoms with Gasteiger partial charge in [-0.1, -0.05) is 18.9 Å². The minimum absolute atomic E-state index is 0.00709. The van der Waals surface area contributed by atoms with Crippen molar-refractivity contribution in [2.45, 2.75) is 32.1 Å². The summed E-state index contributed by atoms with van der Waals surface area (Å²) in [5, 5.41) is 12.2. The van der Waals surface area contributed by atoms with E-state index in [2.05, 4.69) is 5.32 Å². The lowest BCUT2D eigenvalue weighted by atomic mass is 9.82. The Hall–Kier alpha value is -2.24. The number of hydrogen-bond donors (Lipinski definition) is 2. The summed E-state index contributed by atoms with van der Waals surface area (Å²) in [7, 11) is 0. The molecule has 0 radical (unpaired) electrons. The SMILES string of the molecule is O=C(CC1(C(=O)O)CCCC1)Nc1cccc2c1OCCO2. The van der Waals surface area contributed by atoms with Crippen LogP contribution in [0.25, 0.3) is 0 Å². The Labute approximate surface area is 128 Å². The predicted molar refractivity (Wildman–Crippen MR) is 79.2 cm³/mol. The van der Waals surface area contributed by atoms with Gasteiger partial charge in [-0.25, -0.2) is 0 Å². The lowest BCUT2D eigenvalue weighted by Gasteiger charge is -2.24. The molecule has 1 aromatic carbocycles. The minimum atomic E-state index is -0.920. The number of carboxylic acids is 1. The molecule has 0 unspecified atom stereocenters. The molecule has 1 fully saturated rings. The highest BCUT2D eigenvalue weighted by atomic mass is 16.6. The van der Waals surface area contributed by atoms with Gasteiger partial charge in [-0.15, -0.1) is 0 Å². The molecule has 22 heavy (non-hydrogen) atoms. The molecule has 6 heteroatoms. The first-order chi connectivity index (χ1) is 10.6. The number of nitrogens with one attached hydrogen (secondary N) is 1. The van der Waals surface area contributed by atoms with Crippen LogP contribution in [0.15, 0.2) is 18.2 Å². The Morgan fingerprint density at radius 2 is 1.91 bits per heavy atom. The van der Waals surface area contributed by atoms with E-state index in [-0.39, 0.29) is 12.3 Å². The van der Waals surface area contributed by atoms with E-state index in [9.17, 15) is 14.7 Å². The number of aliphatic carboxylic acids is 1. The lowest BCUT2D eigenvalue weighted by molar-refractivity contribution is -0.150. The number of hydrogen-bond acceptors (Lipinski definition) is 4. The number of carboxylic acid groups (broad SMARTS) is 1. The van der Waals surface area contributed by atoms with Crippen LogP contribution in [0.4, 0.5) is 5.69 Å². The second kappa shape index (κ2) is 5.87. The minimum Gasteiger partial charge on any atom is -0.486 e. The molecule has 1 aliphatic carbocycles. The van der Waals surface area contributed by atoms with E-state index in [0.717, 1.165) is 12.8 Å². The van der Waals surface area contributed by atoms with E-state index in [1.807, 2.05) is 0 Å². The number of ether oxygens (including phenoxy) is 2. The average Bonchev–Trinajstić information content (AvgIpc) is 2.97. The maximum Gasteiger partial charge on any atom is 0.310 e. The number of para-hydroxylation sites is 1. The van der Waals surface area contributed by atoms with Crippen LogP contribution < -0.4 is 14.8 Å². The van der Waals surface area contributed by atoms with Crippen molar-refractivity contribution in [3.8, 4) is 11.5 Å². The quantitative estimate of drug-likeness (QED) is 0.892. The Morgan fingerprint density at radius 1 is 1.18 bits per heavy atom. The van der Waals surface area contributed by atoms with Crippen molar-refractivity contribution >= 4 is 17.6 Å². The van der Waals surface area contributed by atoms with E-state index in [4.69, 9.17) is 9.47 Å². The van der Waals surface area contributed by atoms with Crippen molar-refractivity contribution in [2.75, 3.05) is 18.5 Å². The molecule has 2 N–H and O–H groups in total. The van der Waals surface area contributed by atoms with Crippen molar-refractivity contribution in [3.63, 3.8) is 0 Å². The Kier molecular flexibility index (Phi) is 3.92. The van der Waals surface area contributed by atoms with Gasteiger partial charge in [0.15, 0.2) is 11.5 Å². The first kappa shape index (κ1) is 14.7. The van der Waals surface area contributed by atoms with Gasteiger partial charge < -0.3 is 19.9 Å². The third kappa shape index (κ3) is 2.73. The molecule has 2 aliphatic rings. The van der Waals surface area contributed by atoms with Crippen LogP contribution in [0.3, 0.4) is 0 Å². The fraction of sp³-hybridized carbons (Fsp3) is 0.500. The van der Waals surface area contributed by atoms with Gasteiger partial charge in [0.25, 0.3) is 0 Å². The van der Waals surface area contributed by atoms with Gasteiger partial charge in [0.05, 0.1) is 11.1 Å². The molecule has 0 spiro atoms. The fourth-order valence-electron chi connectivity index (χ4n) is 3.19. The first-order valence-corrected chi connectivity index (χ1v) is 7.53. The van der Waals surface area contributed by atoms with Crippen molar-refractivity contribution in [2.24, 2.45) is 5.41 Å². The molecule has 0 saturated heterocycles. The molecule has 1 heterocycles. The van der Waals surface area contributed by atoms with Crippen LogP contribution >= 0.6 is 0 Å². The Morgan fingerprint density at radius 3 is 2.64 bits per heavy atom. The predicted octanol–water partition coefficient (Wildman–Crippen LogP) is 2.43. The smallest absolute Gasteiger partial charge is 0.310 e. The number of amides is 1. The largest absolute Gasteiger partial charge is 0.486 e. The van der Waals surface area contributed by atoms with Crippen LogP contribution in [0.5, 0.6) is 11.5 Å². The third-order valence-corrected chi connectivity index (χ3v) is 4.35.